The molecule has 10 nitrogen and oxygen atoms in total. The number of hydrogen-bond acceptors (Lipinski definition) is 7. The summed E-state index contributed by atoms with van der Waals surface area (Å²) in [4.78, 5) is 58.3. The van der Waals surface area contributed by atoms with E-state index in [1.807, 2.05) is 18.2 Å². The monoisotopic (exact) mass is 683 g/mol. The first kappa shape index (κ1) is 30.5. The maximum atomic E-state index is 14.6. The second-order valence-electron chi connectivity index (χ2n) is 11.1. The van der Waals surface area contributed by atoms with E-state index in [-0.39, 0.29) is 32.0 Å². The van der Waals surface area contributed by atoms with Gasteiger partial charge in [0.05, 0.1) is 29.8 Å². The van der Waals surface area contributed by atoms with Gasteiger partial charge in [-0.2, -0.15) is 0 Å². The Kier molecular flexibility index (Phi) is 8.65. The minimum absolute atomic E-state index is 0.0370. The third kappa shape index (κ3) is 5.25. The molecule has 0 unspecified atom stereocenters. The summed E-state index contributed by atoms with van der Waals surface area (Å²) in [7, 11) is 0. The molecule has 0 saturated carbocycles. The average Bonchev–Trinajstić information content (AvgIpc) is 3.61. The van der Waals surface area contributed by atoms with Crippen molar-refractivity contribution in [3.63, 3.8) is 0 Å². The van der Waals surface area contributed by atoms with Gasteiger partial charge in [0.1, 0.15) is 29.8 Å². The highest BCUT2D eigenvalue weighted by Crippen LogP contribution is 2.59. The summed E-state index contributed by atoms with van der Waals surface area (Å²) >= 11 is 10.1. The molecule has 1 spiro atoms. The van der Waals surface area contributed by atoms with E-state index in [1.54, 1.807) is 54.6 Å². The van der Waals surface area contributed by atoms with Crippen LogP contribution in [0.2, 0.25) is 5.02 Å². The third-order valence-corrected chi connectivity index (χ3v) is 9.59. The normalized spacial score (nSPS) is 31.4. The van der Waals surface area contributed by atoms with E-state index in [2.05, 4.69) is 21.2 Å². The molecule has 2 saturated heterocycles. The molecule has 2 aromatic carbocycles. The zero-order valence-corrected chi connectivity index (χ0v) is 25.9. The van der Waals surface area contributed by atoms with Crippen molar-refractivity contribution < 1.29 is 33.8 Å². The molecule has 4 aliphatic heterocycles. The summed E-state index contributed by atoms with van der Waals surface area (Å²) in [5, 5.41) is 13.1. The predicted molar refractivity (Wildman–Crippen MR) is 165 cm³/mol. The number of nitrogens with zero attached hydrogens (tertiary/aromatic N) is 2. The number of halogens is 2. The van der Waals surface area contributed by atoms with Crippen molar-refractivity contribution >= 4 is 56.9 Å². The molecule has 4 aliphatic rings. The summed E-state index contributed by atoms with van der Waals surface area (Å²) in [6.45, 7) is -0.406. The summed E-state index contributed by atoms with van der Waals surface area (Å²) < 4.78 is 13.0. The van der Waals surface area contributed by atoms with Crippen LogP contribution in [0, 0.1) is 11.8 Å². The lowest BCUT2D eigenvalue weighted by Gasteiger charge is -2.35. The Morgan fingerprint density at radius 3 is 2.52 bits per heavy atom. The maximum absolute atomic E-state index is 14.6. The molecule has 2 fully saturated rings. The molecule has 0 aliphatic carbocycles. The van der Waals surface area contributed by atoms with Crippen LogP contribution < -0.4 is 10.2 Å². The van der Waals surface area contributed by atoms with Gasteiger partial charge < -0.3 is 29.7 Å². The van der Waals surface area contributed by atoms with Crippen molar-refractivity contribution in [2.75, 3.05) is 31.1 Å². The number of fused-ring (bicyclic) bond motifs is 2. The molecule has 6 atom stereocenters. The lowest BCUT2D eigenvalue weighted by Crippen LogP contribution is -2.56. The number of nitrogens with one attached hydrogen (secondary N) is 1. The lowest BCUT2D eigenvalue weighted by atomic mass is 9.74. The number of esters is 1. The van der Waals surface area contributed by atoms with Crippen molar-refractivity contribution in [2.24, 2.45) is 11.8 Å². The summed E-state index contributed by atoms with van der Waals surface area (Å²) in [6, 6.07) is 14.7. The van der Waals surface area contributed by atoms with Gasteiger partial charge in [0, 0.05) is 24.0 Å². The Balaban J connectivity index is 1.45. The van der Waals surface area contributed by atoms with E-state index in [9.17, 15) is 24.3 Å². The van der Waals surface area contributed by atoms with Crippen LogP contribution in [0.4, 0.5) is 5.69 Å². The zero-order valence-electron chi connectivity index (χ0n) is 23.6. The second kappa shape index (κ2) is 12.5. The van der Waals surface area contributed by atoms with Crippen molar-refractivity contribution in [2.45, 2.75) is 36.7 Å². The van der Waals surface area contributed by atoms with Crippen molar-refractivity contribution in [3.8, 4) is 0 Å². The molecular formula is C32H31BrClN3O7. The zero-order chi connectivity index (χ0) is 31.0. The molecule has 230 valence electrons. The topological polar surface area (TPSA) is 125 Å². The largest absolute Gasteiger partial charge is 0.455 e. The smallest absolute Gasteiger partial charge is 0.313 e. The molecule has 0 aromatic heterocycles. The predicted octanol–water partition coefficient (Wildman–Crippen LogP) is 3.29. The highest BCUT2D eigenvalue weighted by molar-refractivity contribution is 9.11. The number of hydrogen-bond donors (Lipinski definition) is 2. The minimum atomic E-state index is -1.50. The molecule has 2 aromatic rings. The number of ether oxygens (including phenoxy) is 2. The van der Waals surface area contributed by atoms with E-state index < -0.39 is 60.1 Å². The van der Waals surface area contributed by atoms with E-state index in [0.29, 0.717) is 27.2 Å². The van der Waals surface area contributed by atoms with Gasteiger partial charge in [-0.1, -0.05) is 82.1 Å². The first-order valence-corrected chi connectivity index (χ1v) is 15.6. The summed E-state index contributed by atoms with van der Waals surface area (Å²) in [5.41, 5.74) is -0.395. The van der Waals surface area contributed by atoms with Gasteiger partial charge in [-0.3, -0.25) is 19.2 Å². The van der Waals surface area contributed by atoms with Gasteiger partial charge in [-0.15, -0.1) is 0 Å². The Hall–Kier alpha value is -3.51. The first-order chi connectivity index (χ1) is 21.3. The Bertz CT molecular complexity index is 1530. The fourth-order valence-electron chi connectivity index (χ4n) is 6.66. The van der Waals surface area contributed by atoms with Gasteiger partial charge in [0.2, 0.25) is 11.8 Å². The van der Waals surface area contributed by atoms with E-state index in [0.717, 1.165) is 0 Å². The quantitative estimate of drug-likeness (QED) is 0.374. The molecule has 6 rings (SSSR count). The Morgan fingerprint density at radius 2 is 1.77 bits per heavy atom. The number of aliphatic hydroxyl groups excluding tert-OH is 1. The fraction of sp³-hybridized carbons (Fsp3) is 0.375. The van der Waals surface area contributed by atoms with E-state index in [4.69, 9.17) is 21.1 Å². The van der Waals surface area contributed by atoms with Crippen LogP contribution in [0.1, 0.15) is 24.5 Å². The molecule has 5 bridgehead atoms. The molecule has 0 radical (unpaired) electrons. The van der Waals surface area contributed by atoms with Crippen LogP contribution in [0.5, 0.6) is 0 Å². The Morgan fingerprint density at radius 1 is 1.02 bits per heavy atom. The SMILES string of the molecule is O=C1CC/C=C\CN(c2ccccc2Cl)C(=O)[C@@H]2N(CCO)C(=O)[C@H]3[C@H](C(=O)O[C@H](c4ccccc4)CN1)[C@H]1O[C@@]23C=C1Br. The molecule has 12 heteroatoms. The van der Waals surface area contributed by atoms with E-state index in [1.165, 1.54) is 9.80 Å². The van der Waals surface area contributed by atoms with Crippen molar-refractivity contribution in [3.05, 3.63) is 87.9 Å². The van der Waals surface area contributed by atoms with Crippen LogP contribution >= 0.6 is 27.5 Å². The minimum Gasteiger partial charge on any atom is -0.455 e. The van der Waals surface area contributed by atoms with Crippen LogP contribution in [-0.4, -0.2) is 77.7 Å². The number of amides is 3. The van der Waals surface area contributed by atoms with Crippen molar-refractivity contribution in [1.29, 1.82) is 0 Å². The first-order valence-electron chi connectivity index (χ1n) is 14.5. The van der Waals surface area contributed by atoms with Gasteiger partial charge in [0.15, 0.2) is 0 Å². The fourth-order valence-corrected chi connectivity index (χ4v) is 7.63. The van der Waals surface area contributed by atoms with Crippen LogP contribution in [-0.2, 0) is 28.7 Å². The second-order valence-corrected chi connectivity index (χ2v) is 12.5. The molecule has 3 amide bonds. The molecule has 2 N–H and O–H groups in total. The van der Waals surface area contributed by atoms with Crippen molar-refractivity contribution in [1.82, 2.24) is 10.2 Å². The van der Waals surface area contributed by atoms with Gasteiger partial charge in [-0.25, -0.2) is 0 Å². The third-order valence-electron chi connectivity index (χ3n) is 8.59. The number of rotatable bonds is 4. The van der Waals surface area contributed by atoms with Gasteiger partial charge in [0.25, 0.3) is 5.91 Å². The van der Waals surface area contributed by atoms with Gasteiger partial charge in [-0.05, 0) is 30.2 Å². The number of benzene rings is 2. The number of cyclic esters (lactones) is 1. The van der Waals surface area contributed by atoms with Crippen LogP contribution in [0.25, 0.3) is 0 Å². The number of aliphatic hydroxyl groups is 1. The summed E-state index contributed by atoms with van der Waals surface area (Å²) in [6.07, 6.45) is 4.19. The number of para-hydroxylation sites is 1. The number of likely N-dealkylation sites (tertiary alicyclic amines) is 1. The van der Waals surface area contributed by atoms with Crippen LogP contribution in [0.15, 0.2) is 77.3 Å². The van der Waals surface area contributed by atoms with E-state index >= 15 is 0 Å². The number of allylic oxidation sites excluding steroid dienone is 1. The number of anilines is 1. The molecular weight excluding hydrogens is 654 g/mol. The molecule has 4 heterocycles. The van der Waals surface area contributed by atoms with Crippen LogP contribution in [0.3, 0.4) is 0 Å². The average molecular weight is 685 g/mol. The Labute approximate surface area is 267 Å². The molecule has 44 heavy (non-hydrogen) atoms. The lowest BCUT2D eigenvalue weighted by molar-refractivity contribution is -0.159. The number of carbonyl (C=O) groups excluding carboxylic acids is 4. The standard InChI is InChI=1S/C32H31BrClN3O7/c33-20-17-32-26-25(27(20)44-32)31(42)43-23(19-9-3-1-4-10-19)18-35-24(39)13-5-2-8-14-36(22-12-7-6-11-21(22)34)30(41)28(32)37(15-16-38)29(26)40/h1-4,6-12,17,23,25-28,38H,5,13-16,18H2,(H,35,39)/b8-2-/t23-,25-,26+,27-,28-,32+/m0/s1. The highest BCUT2D eigenvalue weighted by Gasteiger charge is 2.75. The van der Waals surface area contributed by atoms with Gasteiger partial charge >= 0.3 is 5.97 Å². The summed E-state index contributed by atoms with van der Waals surface area (Å²) in [5.74, 6) is -4.04. The highest BCUT2D eigenvalue weighted by atomic mass is 79.9. The maximum Gasteiger partial charge on any atom is 0.313 e. The number of carbonyl (C=O) groups is 4. The number of β-amino-alcohol motifs (C(OH)–C–C–N with tert-alkyl or cyclic N) is 1.